The van der Waals surface area contributed by atoms with E-state index in [0.29, 0.717) is 12.2 Å². The number of carboxylic acid groups (broad SMARTS) is 1. The predicted molar refractivity (Wildman–Crippen MR) is 60.4 cm³/mol. The second-order valence-corrected chi connectivity index (χ2v) is 4.48. The lowest BCUT2D eigenvalue weighted by Crippen LogP contribution is -2.45. The third-order valence-electron chi connectivity index (χ3n) is 2.98. The average molecular weight is 231 g/mol. The molecule has 2 unspecified atom stereocenters. The molecule has 1 rings (SSSR count). The van der Waals surface area contributed by atoms with Crippen molar-refractivity contribution in [1.29, 1.82) is 0 Å². The molecule has 1 heterocycles. The summed E-state index contributed by atoms with van der Waals surface area (Å²) in [5, 5.41) is 9.01. The number of thiol groups is 1. The summed E-state index contributed by atoms with van der Waals surface area (Å²) in [6, 6.07) is -0.511. The molecule has 0 spiro atoms. The molecule has 86 valence electrons. The highest BCUT2D eigenvalue weighted by Gasteiger charge is 2.39. The van der Waals surface area contributed by atoms with Crippen molar-refractivity contribution in [1.82, 2.24) is 4.90 Å². The van der Waals surface area contributed by atoms with Crippen molar-refractivity contribution < 1.29 is 14.7 Å². The molecule has 1 N–H and O–H groups in total. The van der Waals surface area contributed by atoms with E-state index in [0.717, 1.165) is 6.42 Å². The van der Waals surface area contributed by atoms with Gasteiger partial charge in [0.15, 0.2) is 5.78 Å². The van der Waals surface area contributed by atoms with Crippen LogP contribution in [0.4, 0.5) is 4.79 Å². The molecule has 4 nitrogen and oxygen atoms in total. The first-order valence-electron chi connectivity index (χ1n) is 5.14. The number of carbonyl (C=O) groups is 2. The van der Waals surface area contributed by atoms with Crippen molar-refractivity contribution in [3.63, 3.8) is 0 Å². The summed E-state index contributed by atoms with van der Waals surface area (Å²) >= 11 is 4.06. The topological polar surface area (TPSA) is 57.6 Å². The van der Waals surface area contributed by atoms with Gasteiger partial charge >= 0.3 is 6.09 Å². The van der Waals surface area contributed by atoms with Crippen LogP contribution in [-0.4, -0.2) is 39.7 Å². The molecule has 0 radical (unpaired) electrons. The van der Waals surface area contributed by atoms with Crippen molar-refractivity contribution in [2.24, 2.45) is 5.92 Å². The third-order valence-corrected chi connectivity index (χ3v) is 3.53. The molecule has 0 saturated carbocycles. The van der Waals surface area contributed by atoms with Crippen molar-refractivity contribution in [2.45, 2.75) is 38.8 Å². The SMILES string of the molecule is CC(CS)C(=O)C1CC[C@@H](C)N1C(=O)O. The van der Waals surface area contributed by atoms with Crippen LogP contribution in [0.3, 0.4) is 0 Å². The van der Waals surface area contributed by atoms with Gasteiger partial charge in [-0.3, -0.25) is 9.69 Å². The third kappa shape index (κ3) is 2.45. The minimum absolute atomic E-state index is 0.00301. The maximum absolute atomic E-state index is 11.9. The summed E-state index contributed by atoms with van der Waals surface area (Å²) in [5.74, 6) is 0.291. The van der Waals surface area contributed by atoms with Crippen LogP contribution in [0, 0.1) is 5.92 Å². The fourth-order valence-electron chi connectivity index (χ4n) is 2.00. The molecular formula is C10H17NO3S. The van der Waals surface area contributed by atoms with E-state index in [-0.39, 0.29) is 17.7 Å². The highest BCUT2D eigenvalue weighted by molar-refractivity contribution is 7.80. The van der Waals surface area contributed by atoms with Crippen molar-refractivity contribution in [2.75, 3.05) is 5.75 Å². The number of carbonyl (C=O) groups excluding carboxylic acids is 1. The molecule has 1 saturated heterocycles. The molecule has 1 aliphatic heterocycles. The van der Waals surface area contributed by atoms with Gasteiger partial charge in [-0.1, -0.05) is 6.92 Å². The van der Waals surface area contributed by atoms with Gasteiger partial charge in [0, 0.05) is 12.0 Å². The van der Waals surface area contributed by atoms with Crippen LogP contribution in [0.1, 0.15) is 26.7 Å². The number of hydrogen-bond donors (Lipinski definition) is 2. The van der Waals surface area contributed by atoms with Crippen molar-refractivity contribution in [3.05, 3.63) is 0 Å². The number of amides is 1. The molecule has 0 aromatic rings. The van der Waals surface area contributed by atoms with Gasteiger partial charge in [-0.15, -0.1) is 0 Å². The number of ketones is 1. The zero-order valence-electron chi connectivity index (χ0n) is 9.01. The Balaban J connectivity index is 2.77. The Bertz CT molecular complexity index is 269. The molecule has 0 aromatic heterocycles. The zero-order valence-corrected chi connectivity index (χ0v) is 9.91. The quantitative estimate of drug-likeness (QED) is 0.726. The molecule has 5 heteroatoms. The maximum atomic E-state index is 11.9. The second kappa shape index (κ2) is 4.88. The van der Waals surface area contributed by atoms with Gasteiger partial charge in [0.05, 0.1) is 6.04 Å². The Hall–Kier alpha value is -0.710. The normalized spacial score (nSPS) is 27.8. The van der Waals surface area contributed by atoms with Crippen LogP contribution in [-0.2, 0) is 4.79 Å². The van der Waals surface area contributed by atoms with E-state index >= 15 is 0 Å². The van der Waals surface area contributed by atoms with Crippen LogP contribution in [0.2, 0.25) is 0 Å². The first-order valence-corrected chi connectivity index (χ1v) is 5.78. The lowest BCUT2D eigenvalue weighted by Gasteiger charge is -2.25. The van der Waals surface area contributed by atoms with E-state index < -0.39 is 12.1 Å². The first-order chi connectivity index (χ1) is 6.99. The van der Waals surface area contributed by atoms with E-state index in [2.05, 4.69) is 12.6 Å². The number of hydrogen-bond acceptors (Lipinski definition) is 3. The molecule has 0 aliphatic carbocycles. The Labute approximate surface area is 95.1 Å². The summed E-state index contributed by atoms with van der Waals surface area (Å²) in [5.41, 5.74) is 0. The number of rotatable bonds is 3. The maximum Gasteiger partial charge on any atom is 0.408 e. The number of nitrogens with zero attached hydrogens (tertiary/aromatic N) is 1. The van der Waals surface area contributed by atoms with E-state index in [1.165, 1.54) is 4.90 Å². The minimum atomic E-state index is -0.996. The van der Waals surface area contributed by atoms with E-state index in [4.69, 9.17) is 5.11 Å². The van der Waals surface area contributed by atoms with Gasteiger partial charge in [0.25, 0.3) is 0 Å². The van der Waals surface area contributed by atoms with Crippen LogP contribution in [0.5, 0.6) is 0 Å². The second-order valence-electron chi connectivity index (χ2n) is 4.12. The highest BCUT2D eigenvalue weighted by atomic mass is 32.1. The van der Waals surface area contributed by atoms with Crippen LogP contribution in [0.15, 0.2) is 0 Å². The summed E-state index contributed by atoms with van der Waals surface area (Å²) in [6.07, 6.45) is 0.414. The molecule has 15 heavy (non-hydrogen) atoms. The molecule has 0 aromatic carbocycles. The minimum Gasteiger partial charge on any atom is -0.465 e. The average Bonchev–Trinajstić information content (AvgIpc) is 2.57. The molecule has 1 fully saturated rings. The smallest absolute Gasteiger partial charge is 0.408 e. The monoisotopic (exact) mass is 231 g/mol. The lowest BCUT2D eigenvalue weighted by molar-refractivity contribution is -0.126. The van der Waals surface area contributed by atoms with E-state index in [1.54, 1.807) is 6.92 Å². The molecule has 1 amide bonds. The molecular weight excluding hydrogens is 214 g/mol. The number of likely N-dealkylation sites (tertiary alicyclic amines) is 1. The van der Waals surface area contributed by atoms with Crippen LogP contribution in [0.25, 0.3) is 0 Å². The lowest BCUT2D eigenvalue weighted by atomic mass is 10.00. The van der Waals surface area contributed by atoms with Crippen LogP contribution < -0.4 is 0 Å². The number of Topliss-reactive ketones (excluding diaryl/α,β-unsaturated/α-hetero) is 1. The van der Waals surface area contributed by atoms with Crippen molar-refractivity contribution >= 4 is 24.5 Å². The Morgan fingerprint density at radius 2 is 2.13 bits per heavy atom. The zero-order chi connectivity index (χ0) is 11.6. The van der Waals surface area contributed by atoms with Crippen molar-refractivity contribution in [3.8, 4) is 0 Å². The molecule has 1 aliphatic rings. The van der Waals surface area contributed by atoms with E-state index in [9.17, 15) is 9.59 Å². The Kier molecular flexibility index (Phi) is 4.02. The first kappa shape index (κ1) is 12.4. The standard InChI is InChI=1S/C10H17NO3S/c1-6(5-15)9(12)8-4-3-7(2)11(8)10(13)14/h6-8,15H,3-5H2,1-2H3,(H,13,14)/t6?,7-,8?/m1/s1. The molecule has 0 bridgehead atoms. The van der Waals surface area contributed by atoms with Gasteiger partial charge in [-0.2, -0.15) is 12.6 Å². The van der Waals surface area contributed by atoms with Crippen LogP contribution >= 0.6 is 12.6 Å². The highest BCUT2D eigenvalue weighted by Crippen LogP contribution is 2.26. The fraction of sp³-hybridized carbons (Fsp3) is 0.800. The largest absolute Gasteiger partial charge is 0.465 e. The predicted octanol–water partition coefficient (Wildman–Crippen LogP) is 1.65. The summed E-state index contributed by atoms with van der Waals surface area (Å²) in [4.78, 5) is 24.2. The van der Waals surface area contributed by atoms with E-state index in [1.807, 2.05) is 6.92 Å². The van der Waals surface area contributed by atoms with Gasteiger partial charge in [-0.25, -0.2) is 4.79 Å². The fourth-order valence-corrected chi connectivity index (χ4v) is 2.18. The van der Waals surface area contributed by atoms with Gasteiger partial charge in [0.1, 0.15) is 0 Å². The summed E-state index contributed by atoms with van der Waals surface area (Å²) in [6.45, 7) is 3.63. The van der Waals surface area contributed by atoms with Gasteiger partial charge in [-0.05, 0) is 25.5 Å². The van der Waals surface area contributed by atoms with Gasteiger partial charge < -0.3 is 5.11 Å². The Morgan fingerprint density at radius 1 is 1.53 bits per heavy atom. The summed E-state index contributed by atoms with van der Waals surface area (Å²) < 4.78 is 0. The summed E-state index contributed by atoms with van der Waals surface area (Å²) in [7, 11) is 0. The van der Waals surface area contributed by atoms with Gasteiger partial charge in [0.2, 0.25) is 0 Å². The molecule has 3 atom stereocenters. The Morgan fingerprint density at radius 3 is 2.60 bits per heavy atom.